The summed E-state index contributed by atoms with van der Waals surface area (Å²) >= 11 is 0. The average Bonchev–Trinajstić information content (AvgIpc) is 2.72. The summed E-state index contributed by atoms with van der Waals surface area (Å²) in [4.78, 5) is 26.4. The normalized spacial score (nSPS) is 16.8. The van der Waals surface area contributed by atoms with E-state index in [1.165, 1.54) is 0 Å². The van der Waals surface area contributed by atoms with Crippen molar-refractivity contribution in [3.63, 3.8) is 0 Å². The quantitative estimate of drug-likeness (QED) is 0.898. The summed E-state index contributed by atoms with van der Waals surface area (Å²) in [6, 6.07) is 19.4. The van der Waals surface area contributed by atoms with Crippen LogP contribution in [0.25, 0.3) is 0 Å². The molecule has 5 nitrogen and oxygen atoms in total. The largest absolute Gasteiger partial charge is 0.445 e. The van der Waals surface area contributed by atoms with Crippen LogP contribution in [0.1, 0.15) is 24.0 Å². The number of hydrogen-bond donors (Lipinski definition) is 1. The van der Waals surface area contributed by atoms with Crippen molar-refractivity contribution in [2.75, 3.05) is 13.1 Å². The molecule has 1 aliphatic heterocycles. The maximum Gasteiger partial charge on any atom is 0.410 e. The Balaban J connectivity index is 1.47. The van der Waals surface area contributed by atoms with Gasteiger partial charge in [-0.3, -0.25) is 4.79 Å². The highest BCUT2D eigenvalue weighted by Gasteiger charge is 2.29. The number of nitrogens with zero attached hydrogens (tertiary/aromatic N) is 1. The molecule has 0 aliphatic carbocycles. The minimum absolute atomic E-state index is 0.00517. The maximum atomic E-state index is 12.4. The SMILES string of the molecule is O=C(NCc1ccccc1)C1CCCN(C(=O)OCc2ccccc2)C1. The van der Waals surface area contributed by atoms with Crippen LogP contribution < -0.4 is 5.32 Å². The molecule has 136 valence electrons. The Kier molecular flexibility index (Phi) is 6.25. The van der Waals surface area contributed by atoms with Gasteiger partial charge in [-0.1, -0.05) is 60.7 Å². The van der Waals surface area contributed by atoms with Crippen LogP contribution in [0.4, 0.5) is 4.79 Å². The van der Waals surface area contributed by atoms with Crippen molar-refractivity contribution in [3.05, 3.63) is 71.8 Å². The third-order valence-corrected chi connectivity index (χ3v) is 4.57. The molecule has 0 radical (unpaired) electrons. The van der Waals surface area contributed by atoms with E-state index >= 15 is 0 Å². The van der Waals surface area contributed by atoms with E-state index in [9.17, 15) is 9.59 Å². The molecule has 2 amide bonds. The molecule has 0 saturated carbocycles. The van der Waals surface area contributed by atoms with Crippen LogP contribution >= 0.6 is 0 Å². The summed E-state index contributed by atoms with van der Waals surface area (Å²) in [6.45, 7) is 1.81. The van der Waals surface area contributed by atoms with Crippen LogP contribution in [-0.4, -0.2) is 30.0 Å². The minimum atomic E-state index is -0.352. The Labute approximate surface area is 154 Å². The zero-order chi connectivity index (χ0) is 18.2. The number of ether oxygens (including phenoxy) is 1. The number of nitrogens with one attached hydrogen (secondary N) is 1. The van der Waals surface area contributed by atoms with Crippen molar-refractivity contribution in [2.24, 2.45) is 5.92 Å². The van der Waals surface area contributed by atoms with Crippen LogP contribution in [0.3, 0.4) is 0 Å². The van der Waals surface area contributed by atoms with Crippen molar-refractivity contribution >= 4 is 12.0 Å². The van der Waals surface area contributed by atoms with Gasteiger partial charge in [0.2, 0.25) is 5.91 Å². The molecular formula is C21H24N2O3. The van der Waals surface area contributed by atoms with E-state index in [2.05, 4.69) is 5.32 Å². The lowest BCUT2D eigenvalue weighted by molar-refractivity contribution is -0.126. The van der Waals surface area contributed by atoms with Crippen molar-refractivity contribution in [1.29, 1.82) is 0 Å². The number of piperidine rings is 1. The zero-order valence-corrected chi connectivity index (χ0v) is 14.8. The molecule has 5 heteroatoms. The van der Waals surface area contributed by atoms with E-state index in [0.29, 0.717) is 19.6 Å². The lowest BCUT2D eigenvalue weighted by atomic mass is 9.97. The van der Waals surface area contributed by atoms with Gasteiger partial charge >= 0.3 is 6.09 Å². The smallest absolute Gasteiger partial charge is 0.410 e. The Morgan fingerprint density at radius 1 is 1.00 bits per heavy atom. The van der Waals surface area contributed by atoms with E-state index in [0.717, 1.165) is 24.0 Å². The molecular weight excluding hydrogens is 328 g/mol. The van der Waals surface area contributed by atoms with Gasteiger partial charge in [0.25, 0.3) is 0 Å². The third kappa shape index (κ3) is 5.09. The van der Waals surface area contributed by atoms with Gasteiger partial charge in [-0.15, -0.1) is 0 Å². The van der Waals surface area contributed by atoms with Gasteiger partial charge in [0.05, 0.1) is 5.92 Å². The highest BCUT2D eigenvalue weighted by molar-refractivity contribution is 5.80. The summed E-state index contributed by atoms with van der Waals surface area (Å²) in [7, 11) is 0. The lowest BCUT2D eigenvalue weighted by Crippen LogP contribution is -2.45. The maximum absolute atomic E-state index is 12.4. The van der Waals surface area contributed by atoms with E-state index in [1.54, 1.807) is 4.90 Å². The molecule has 2 aromatic rings. The second-order valence-electron chi connectivity index (χ2n) is 6.53. The fourth-order valence-corrected chi connectivity index (χ4v) is 3.10. The van der Waals surface area contributed by atoms with Gasteiger partial charge in [-0.2, -0.15) is 0 Å². The van der Waals surface area contributed by atoms with Crippen LogP contribution in [0.5, 0.6) is 0 Å². The molecule has 2 aromatic carbocycles. The first-order valence-corrected chi connectivity index (χ1v) is 8.99. The Morgan fingerprint density at radius 2 is 1.65 bits per heavy atom. The van der Waals surface area contributed by atoms with Gasteiger partial charge in [-0.25, -0.2) is 4.79 Å². The van der Waals surface area contributed by atoms with Gasteiger partial charge < -0.3 is 15.0 Å². The predicted molar refractivity (Wildman–Crippen MR) is 99.2 cm³/mol. The molecule has 1 unspecified atom stereocenters. The highest BCUT2D eigenvalue weighted by atomic mass is 16.6. The summed E-state index contributed by atoms with van der Waals surface area (Å²) in [6.07, 6.45) is 1.25. The van der Waals surface area contributed by atoms with Gasteiger partial charge in [0.15, 0.2) is 0 Å². The van der Waals surface area contributed by atoms with Gasteiger partial charge in [0.1, 0.15) is 6.61 Å². The topological polar surface area (TPSA) is 58.6 Å². The first kappa shape index (κ1) is 18.0. The van der Waals surface area contributed by atoms with Crippen molar-refractivity contribution in [1.82, 2.24) is 10.2 Å². The Hall–Kier alpha value is -2.82. The second-order valence-corrected chi connectivity index (χ2v) is 6.53. The molecule has 1 fully saturated rings. The highest BCUT2D eigenvalue weighted by Crippen LogP contribution is 2.18. The standard InChI is InChI=1S/C21H24N2O3/c24-20(22-14-17-8-3-1-4-9-17)19-12-7-13-23(15-19)21(25)26-16-18-10-5-2-6-11-18/h1-6,8-11,19H,7,12-16H2,(H,22,24). The summed E-state index contributed by atoms with van der Waals surface area (Å²) in [5.74, 6) is -0.189. The first-order valence-electron chi connectivity index (χ1n) is 8.99. The fourth-order valence-electron chi connectivity index (χ4n) is 3.10. The van der Waals surface area contributed by atoms with Crippen molar-refractivity contribution in [3.8, 4) is 0 Å². The summed E-state index contributed by atoms with van der Waals surface area (Å²) in [5, 5.41) is 2.97. The third-order valence-electron chi connectivity index (χ3n) is 4.57. The second kappa shape index (κ2) is 9.04. The number of amides is 2. The van der Waals surface area contributed by atoms with Crippen molar-refractivity contribution < 1.29 is 14.3 Å². The molecule has 26 heavy (non-hydrogen) atoms. The zero-order valence-electron chi connectivity index (χ0n) is 14.8. The van der Waals surface area contributed by atoms with Crippen LogP contribution in [-0.2, 0) is 22.7 Å². The molecule has 0 spiro atoms. The molecule has 1 heterocycles. The van der Waals surface area contributed by atoms with E-state index in [1.807, 2.05) is 60.7 Å². The predicted octanol–water partition coefficient (Wildman–Crippen LogP) is 3.35. The summed E-state index contributed by atoms with van der Waals surface area (Å²) in [5.41, 5.74) is 2.02. The van der Waals surface area contributed by atoms with Crippen molar-refractivity contribution in [2.45, 2.75) is 26.0 Å². The van der Waals surface area contributed by atoms with Crippen LogP contribution in [0.15, 0.2) is 60.7 Å². The fraction of sp³-hybridized carbons (Fsp3) is 0.333. The molecule has 0 aromatic heterocycles. The Morgan fingerprint density at radius 3 is 2.35 bits per heavy atom. The first-order chi connectivity index (χ1) is 12.7. The van der Waals surface area contributed by atoms with E-state index < -0.39 is 0 Å². The molecule has 1 N–H and O–H groups in total. The molecule has 1 saturated heterocycles. The molecule has 1 aliphatic rings. The van der Waals surface area contributed by atoms with Gasteiger partial charge in [0, 0.05) is 19.6 Å². The van der Waals surface area contributed by atoms with E-state index in [4.69, 9.17) is 4.74 Å². The van der Waals surface area contributed by atoms with Crippen LogP contribution in [0.2, 0.25) is 0 Å². The van der Waals surface area contributed by atoms with Crippen LogP contribution in [0, 0.1) is 5.92 Å². The minimum Gasteiger partial charge on any atom is -0.445 e. The number of benzene rings is 2. The summed E-state index contributed by atoms with van der Waals surface area (Å²) < 4.78 is 5.38. The number of carbonyl (C=O) groups is 2. The number of likely N-dealkylation sites (tertiary alicyclic amines) is 1. The average molecular weight is 352 g/mol. The Bertz CT molecular complexity index is 657. The number of hydrogen-bond acceptors (Lipinski definition) is 3. The number of carbonyl (C=O) groups excluding carboxylic acids is 2. The lowest BCUT2D eigenvalue weighted by Gasteiger charge is -2.31. The number of rotatable bonds is 5. The molecule has 1 atom stereocenters. The molecule has 0 bridgehead atoms. The van der Waals surface area contributed by atoms with E-state index in [-0.39, 0.29) is 24.5 Å². The molecule has 3 rings (SSSR count). The monoisotopic (exact) mass is 352 g/mol. The van der Waals surface area contributed by atoms with Gasteiger partial charge in [-0.05, 0) is 24.0 Å².